The highest BCUT2D eigenvalue weighted by Crippen LogP contribution is 2.21. The van der Waals surface area contributed by atoms with Crippen LogP contribution in [0.3, 0.4) is 0 Å². The first-order chi connectivity index (χ1) is 9.43. The molecule has 0 amide bonds. The summed E-state index contributed by atoms with van der Waals surface area (Å²) in [5.74, 6) is 0.632. The molecule has 0 spiro atoms. The van der Waals surface area contributed by atoms with Gasteiger partial charge >= 0.3 is 4.87 Å². The summed E-state index contributed by atoms with van der Waals surface area (Å²) in [5, 5.41) is 0. The van der Waals surface area contributed by atoms with E-state index in [1.54, 1.807) is 11.7 Å². The summed E-state index contributed by atoms with van der Waals surface area (Å²) < 4.78 is 7.06. The van der Waals surface area contributed by atoms with Crippen LogP contribution in [-0.4, -0.2) is 16.7 Å². The zero-order chi connectivity index (χ0) is 14.9. The van der Waals surface area contributed by atoms with Gasteiger partial charge in [-0.05, 0) is 31.5 Å². The minimum atomic E-state index is 0.0531. The topological polar surface area (TPSA) is 57.2 Å². The van der Waals surface area contributed by atoms with Crippen LogP contribution in [0.4, 0.5) is 0 Å². The Balaban J connectivity index is 2.40. The van der Waals surface area contributed by atoms with Crippen molar-refractivity contribution in [3.05, 3.63) is 49.6 Å². The van der Waals surface area contributed by atoms with Crippen LogP contribution in [-0.2, 0) is 6.54 Å². The predicted molar refractivity (Wildman–Crippen MR) is 86.0 cm³/mol. The number of thiocarbonyl (C=S) groups is 1. The monoisotopic (exact) mass is 308 g/mol. The fourth-order valence-corrected chi connectivity index (χ4v) is 2.99. The smallest absolute Gasteiger partial charge is 0.307 e. The second-order valence-corrected chi connectivity index (χ2v) is 6.10. The molecule has 4 nitrogen and oxygen atoms in total. The van der Waals surface area contributed by atoms with Crippen LogP contribution in [0.1, 0.15) is 21.7 Å². The van der Waals surface area contributed by atoms with Crippen molar-refractivity contribution in [2.24, 2.45) is 5.73 Å². The molecule has 0 atom stereocenters. The van der Waals surface area contributed by atoms with Crippen molar-refractivity contribution in [2.45, 2.75) is 20.4 Å². The van der Waals surface area contributed by atoms with Crippen molar-refractivity contribution in [3.63, 3.8) is 0 Å². The Morgan fingerprint density at radius 3 is 2.65 bits per heavy atom. The average Bonchev–Trinajstić information content (AvgIpc) is 2.65. The second-order valence-electron chi connectivity index (χ2n) is 4.49. The maximum absolute atomic E-state index is 11.9. The first-order valence-corrected chi connectivity index (χ1v) is 7.30. The summed E-state index contributed by atoms with van der Waals surface area (Å²) in [7, 11) is 1.58. The summed E-state index contributed by atoms with van der Waals surface area (Å²) >= 11 is 6.25. The molecule has 0 aliphatic heterocycles. The molecule has 0 aliphatic rings. The van der Waals surface area contributed by atoms with Gasteiger partial charge in [-0.2, -0.15) is 0 Å². The van der Waals surface area contributed by atoms with Crippen molar-refractivity contribution in [1.29, 1.82) is 0 Å². The molecule has 2 aromatic rings. The van der Waals surface area contributed by atoms with Crippen molar-refractivity contribution >= 4 is 28.5 Å². The normalized spacial score (nSPS) is 10.6. The van der Waals surface area contributed by atoms with Gasteiger partial charge in [0.1, 0.15) is 10.7 Å². The van der Waals surface area contributed by atoms with E-state index < -0.39 is 0 Å². The van der Waals surface area contributed by atoms with Gasteiger partial charge in [-0.1, -0.05) is 29.6 Å². The summed E-state index contributed by atoms with van der Waals surface area (Å²) in [6.07, 6.45) is 0. The summed E-state index contributed by atoms with van der Waals surface area (Å²) in [6, 6.07) is 5.61. The lowest BCUT2D eigenvalue weighted by atomic mass is 10.1. The van der Waals surface area contributed by atoms with Gasteiger partial charge in [-0.25, -0.2) is 0 Å². The molecule has 0 unspecified atom stereocenters. The van der Waals surface area contributed by atoms with E-state index in [1.807, 2.05) is 32.0 Å². The highest BCUT2D eigenvalue weighted by Gasteiger charge is 2.11. The molecule has 2 N–H and O–H groups in total. The molecular weight excluding hydrogens is 292 g/mol. The predicted octanol–water partition coefficient (Wildman–Crippen LogP) is 2.22. The minimum absolute atomic E-state index is 0.0531. The van der Waals surface area contributed by atoms with E-state index in [1.165, 1.54) is 11.3 Å². The molecule has 0 saturated heterocycles. The molecule has 1 aromatic heterocycles. The van der Waals surface area contributed by atoms with Crippen LogP contribution in [0.25, 0.3) is 0 Å². The van der Waals surface area contributed by atoms with Crippen LogP contribution < -0.4 is 15.3 Å². The number of hydrogen-bond acceptors (Lipinski definition) is 4. The largest absolute Gasteiger partial charge is 0.496 e. The lowest BCUT2D eigenvalue weighted by Gasteiger charge is -2.10. The Labute approximate surface area is 126 Å². The zero-order valence-electron chi connectivity index (χ0n) is 11.6. The number of benzene rings is 1. The highest BCUT2D eigenvalue weighted by atomic mass is 32.1. The maximum Gasteiger partial charge on any atom is 0.307 e. The third-order valence-corrected chi connectivity index (χ3v) is 4.46. The molecule has 106 valence electrons. The number of rotatable bonds is 4. The van der Waals surface area contributed by atoms with E-state index in [2.05, 4.69) is 0 Å². The number of hydrogen-bond donors (Lipinski definition) is 1. The summed E-state index contributed by atoms with van der Waals surface area (Å²) in [6.45, 7) is 4.42. The lowest BCUT2D eigenvalue weighted by Crippen LogP contribution is -2.16. The van der Waals surface area contributed by atoms with Crippen molar-refractivity contribution in [2.75, 3.05) is 7.11 Å². The van der Waals surface area contributed by atoms with Crippen LogP contribution in [0.2, 0.25) is 0 Å². The van der Waals surface area contributed by atoms with Gasteiger partial charge in [0.05, 0.1) is 19.2 Å². The van der Waals surface area contributed by atoms with Gasteiger partial charge in [0, 0.05) is 10.6 Å². The van der Waals surface area contributed by atoms with Crippen LogP contribution in [0, 0.1) is 13.8 Å². The molecule has 2 rings (SSSR count). The Hall–Kier alpha value is -1.66. The fourth-order valence-electron chi connectivity index (χ4n) is 1.99. The van der Waals surface area contributed by atoms with E-state index in [4.69, 9.17) is 22.7 Å². The third-order valence-electron chi connectivity index (χ3n) is 3.25. The minimum Gasteiger partial charge on any atom is -0.496 e. The Bertz CT molecular complexity index is 716. The fraction of sp³-hybridized carbons (Fsp3) is 0.286. The first-order valence-electron chi connectivity index (χ1n) is 6.07. The number of nitrogens with zero attached hydrogens (tertiary/aromatic N) is 1. The molecule has 0 bridgehead atoms. The summed E-state index contributed by atoms with van der Waals surface area (Å²) in [5.41, 5.74) is 8.32. The Kier molecular flexibility index (Phi) is 4.25. The van der Waals surface area contributed by atoms with E-state index in [-0.39, 0.29) is 4.87 Å². The number of aryl methyl sites for hydroxylation is 1. The Morgan fingerprint density at radius 2 is 2.15 bits per heavy atom. The SMILES string of the molecule is COc1cc(Cn2c(C)c(C)sc2=O)ccc1C(N)=S. The quantitative estimate of drug-likeness (QED) is 0.880. The standard InChI is InChI=1S/C14H16N2O2S2/c1-8-9(2)20-14(17)16(8)7-10-4-5-11(13(15)19)12(6-10)18-3/h4-6H,7H2,1-3H3,(H2,15,19). The second kappa shape index (κ2) is 5.76. The molecule has 1 aromatic carbocycles. The first kappa shape index (κ1) is 14.7. The number of nitrogens with two attached hydrogens (primary N) is 1. The van der Waals surface area contributed by atoms with Gasteiger partial charge < -0.3 is 10.5 Å². The molecule has 1 heterocycles. The van der Waals surface area contributed by atoms with Crippen molar-refractivity contribution in [3.8, 4) is 5.75 Å². The zero-order valence-corrected chi connectivity index (χ0v) is 13.2. The Morgan fingerprint density at radius 1 is 1.45 bits per heavy atom. The molecule has 0 radical (unpaired) electrons. The number of methoxy groups -OCH3 is 1. The van der Waals surface area contributed by atoms with Crippen molar-refractivity contribution in [1.82, 2.24) is 4.57 Å². The van der Waals surface area contributed by atoms with Gasteiger partial charge in [-0.15, -0.1) is 0 Å². The number of aromatic nitrogens is 1. The molecule has 0 saturated carbocycles. The molecule has 0 aliphatic carbocycles. The number of ether oxygens (including phenoxy) is 1. The van der Waals surface area contributed by atoms with E-state index >= 15 is 0 Å². The van der Waals surface area contributed by atoms with Gasteiger partial charge in [0.15, 0.2) is 0 Å². The van der Waals surface area contributed by atoms with Crippen LogP contribution in [0.5, 0.6) is 5.75 Å². The van der Waals surface area contributed by atoms with Crippen LogP contribution >= 0.6 is 23.6 Å². The van der Waals surface area contributed by atoms with Gasteiger partial charge in [0.25, 0.3) is 0 Å². The lowest BCUT2D eigenvalue weighted by molar-refractivity contribution is 0.413. The van der Waals surface area contributed by atoms with Crippen molar-refractivity contribution < 1.29 is 4.74 Å². The summed E-state index contributed by atoms with van der Waals surface area (Å²) in [4.78, 5) is 13.3. The highest BCUT2D eigenvalue weighted by molar-refractivity contribution is 7.80. The molecular formula is C14H16N2O2S2. The van der Waals surface area contributed by atoms with E-state index in [0.717, 1.165) is 16.1 Å². The molecule has 0 fully saturated rings. The molecule has 6 heteroatoms. The van der Waals surface area contributed by atoms with Gasteiger partial charge in [0.2, 0.25) is 0 Å². The van der Waals surface area contributed by atoms with Crippen LogP contribution in [0.15, 0.2) is 23.0 Å². The van der Waals surface area contributed by atoms with E-state index in [9.17, 15) is 4.79 Å². The molecule has 20 heavy (non-hydrogen) atoms. The van der Waals surface area contributed by atoms with Gasteiger partial charge in [-0.3, -0.25) is 9.36 Å². The number of thiazole rings is 1. The average molecular weight is 308 g/mol. The van der Waals surface area contributed by atoms with E-state index in [0.29, 0.717) is 22.8 Å². The maximum atomic E-state index is 11.9. The third kappa shape index (κ3) is 2.76.